The summed E-state index contributed by atoms with van der Waals surface area (Å²) in [5, 5.41) is 8.48. The summed E-state index contributed by atoms with van der Waals surface area (Å²) in [5.41, 5.74) is 0. The van der Waals surface area contributed by atoms with Crippen molar-refractivity contribution in [3.8, 4) is 0 Å². The number of likely N-dealkylation sites (tertiary alicyclic amines) is 1. The van der Waals surface area contributed by atoms with Crippen LogP contribution in [0.15, 0.2) is 0 Å². The van der Waals surface area contributed by atoms with Gasteiger partial charge in [0.1, 0.15) is 0 Å². The first-order valence-corrected chi connectivity index (χ1v) is 4.62. The molecular formula is C9H15NO3. The lowest BCUT2D eigenvalue weighted by Crippen LogP contribution is -2.42. The van der Waals surface area contributed by atoms with Gasteiger partial charge < -0.3 is 10.0 Å². The zero-order chi connectivity index (χ0) is 9.84. The molecule has 1 N–H and O–H groups in total. The van der Waals surface area contributed by atoms with Crippen molar-refractivity contribution in [3.05, 3.63) is 0 Å². The van der Waals surface area contributed by atoms with Gasteiger partial charge in [0.25, 0.3) is 0 Å². The number of rotatable bonds is 3. The molecule has 1 saturated heterocycles. The first-order chi connectivity index (χ1) is 6.11. The van der Waals surface area contributed by atoms with Gasteiger partial charge in [-0.05, 0) is 19.8 Å². The third-order valence-corrected chi connectivity index (χ3v) is 2.43. The number of hydrogen-bond donors (Lipinski definition) is 1. The Labute approximate surface area is 77.5 Å². The maximum absolute atomic E-state index is 11.4. The van der Waals surface area contributed by atoms with E-state index in [1.165, 1.54) is 0 Å². The topological polar surface area (TPSA) is 57.6 Å². The van der Waals surface area contributed by atoms with Gasteiger partial charge in [0.2, 0.25) is 5.91 Å². The average Bonchev–Trinajstić information content (AvgIpc) is 2.03. The first-order valence-electron chi connectivity index (χ1n) is 4.62. The van der Waals surface area contributed by atoms with Crippen molar-refractivity contribution >= 4 is 11.9 Å². The molecule has 1 rings (SSSR count). The zero-order valence-electron chi connectivity index (χ0n) is 7.82. The number of carboxylic acids is 1. The van der Waals surface area contributed by atoms with Crippen LogP contribution in [0.2, 0.25) is 0 Å². The van der Waals surface area contributed by atoms with Crippen molar-refractivity contribution in [2.45, 2.75) is 38.6 Å². The van der Waals surface area contributed by atoms with E-state index in [9.17, 15) is 9.59 Å². The second-order valence-corrected chi connectivity index (χ2v) is 3.47. The molecule has 0 radical (unpaired) electrons. The maximum Gasteiger partial charge on any atom is 0.305 e. The summed E-state index contributed by atoms with van der Waals surface area (Å²) in [6.45, 7) is 2.33. The number of carbonyl (C=O) groups excluding carboxylic acids is 1. The van der Waals surface area contributed by atoms with Crippen LogP contribution >= 0.6 is 0 Å². The fourth-order valence-electron chi connectivity index (χ4n) is 1.66. The van der Waals surface area contributed by atoms with Crippen molar-refractivity contribution < 1.29 is 14.7 Å². The molecule has 1 heterocycles. The molecule has 4 nitrogen and oxygen atoms in total. The SMILES string of the molecule is CC1CCCC(=O)N1CCC(=O)O. The molecular weight excluding hydrogens is 170 g/mol. The molecule has 0 aromatic rings. The van der Waals surface area contributed by atoms with Crippen LogP contribution in [0.1, 0.15) is 32.6 Å². The monoisotopic (exact) mass is 185 g/mol. The van der Waals surface area contributed by atoms with Gasteiger partial charge in [0.05, 0.1) is 6.42 Å². The summed E-state index contributed by atoms with van der Waals surface area (Å²) in [6.07, 6.45) is 2.55. The van der Waals surface area contributed by atoms with Crippen LogP contribution in [0.3, 0.4) is 0 Å². The van der Waals surface area contributed by atoms with E-state index in [1.807, 2.05) is 6.92 Å². The third kappa shape index (κ3) is 2.72. The van der Waals surface area contributed by atoms with E-state index < -0.39 is 5.97 Å². The van der Waals surface area contributed by atoms with E-state index in [-0.39, 0.29) is 18.4 Å². The minimum Gasteiger partial charge on any atom is -0.481 e. The highest BCUT2D eigenvalue weighted by atomic mass is 16.4. The van der Waals surface area contributed by atoms with Crippen molar-refractivity contribution in [3.63, 3.8) is 0 Å². The van der Waals surface area contributed by atoms with Crippen molar-refractivity contribution in [2.75, 3.05) is 6.54 Å². The second-order valence-electron chi connectivity index (χ2n) is 3.47. The molecule has 13 heavy (non-hydrogen) atoms. The Morgan fingerprint density at radius 3 is 2.92 bits per heavy atom. The summed E-state index contributed by atoms with van der Waals surface area (Å²) in [5.74, 6) is -0.745. The molecule has 0 aliphatic carbocycles. The Balaban J connectivity index is 2.44. The molecule has 0 aromatic carbocycles. The number of amides is 1. The predicted octanol–water partition coefficient (Wildman–Crippen LogP) is 0.862. The Morgan fingerprint density at radius 1 is 1.69 bits per heavy atom. The number of piperidine rings is 1. The lowest BCUT2D eigenvalue weighted by atomic mass is 10.0. The molecule has 1 aliphatic rings. The van der Waals surface area contributed by atoms with Crippen LogP contribution in [-0.2, 0) is 9.59 Å². The highest BCUT2D eigenvalue weighted by Crippen LogP contribution is 2.17. The van der Waals surface area contributed by atoms with Gasteiger partial charge in [-0.2, -0.15) is 0 Å². The standard InChI is InChI=1S/C9H15NO3/c1-7-3-2-4-8(11)10(7)6-5-9(12)13/h7H,2-6H2,1H3,(H,12,13). The Hall–Kier alpha value is -1.06. The molecule has 1 amide bonds. The number of carboxylic acid groups (broad SMARTS) is 1. The summed E-state index contributed by atoms with van der Waals surface area (Å²) in [7, 11) is 0. The summed E-state index contributed by atoms with van der Waals surface area (Å²) in [4.78, 5) is 23.3. The van der Waals surface area contributed by atoms with Crippen LogP contribution in [-0.4, -0.2) is 34.5 Å². The first kappa shape index (κ1) is 10.0. The molecule has 4 heteroatoms. The quantitative estimate of drug-likeness (QED) is 0.709. The molecule has 0 bridgehead atoms. The lowest BCUT2D eigenvalue weighted by molar-refractivity contribution is -0.140. The number of nitrogens with zero attached hydrogens (tertiary/aromatic N) is 1. The summed E-state index contributed by atoms with van der Waals surface area (Å²) < 4.78 is 0. The van der Waals surface area contributed by atoms with E-state index in [2.05, 4.69) is 0 Å². The van der Waals surface area contributed by atoms with Crippen LogP contribution in [0, 0.1) is 0 Å². The van der Waals surface area contributed by atoms with Crippen molar-refractivity contribution in [2.24, 2.45) is 0 Å². The van der Waals surface area contributed by atoms with Gasteiger partial charge in [-0.3, -0.25) is 9.59 Å². The number of carbonyl (C=O) groups is 2. The molecule has 0 spiro atoms. The van der Waals surface area contributed by atoms with Crippen molar-refractivity contribution in [1.82, 2.24) is 4.90 Å². The van der Waals surface area contributed by atoms with Gasteiger partial charge in [0, 0.05) is 19.0 Å². The average molecular weight is 185 g/mol. The van der Waals surface area contributed by atoms with Gasteiger partial charge >= 0.3 is 5.97 Å². The van der Waals surface area contributed by atoms with E-state index in [0.717, 1.165) is 12.8 Å². The lowest BCUT2D eigenvalue weighted by Gasteiger charge is -2.32. The number of aliphatic carboxylic acids is 1. The smallest absolute Gasteiger partial charge is 0.305 e. The second kappa shape index (κ2) is 4.25. The van der Waals surface area contributed by atoms with E-state index >= 15 is 0 Å². The molecule has 0 aromatic heterocycles. The van der Waals surface area contributed by atoms with Crippen LogP contribution in [0.5, 0.6) is 0 Å². The maximum atomic E-state index is 11.4. The van der Waals surface area contributed by atoms with E-state index in [0.29, 0.717) is 13.0 Å². The fraction of sp³-hybridized carbons (Fsp3) is 0.778. The Bertz CT molecular complexity index is 215. The highest BCUT2D eigenvalue weighted by molar-refractivity contribution is 5.78. The third-order valence-electron chi connectivity index (χ3n) is 2.43. The van der Waals surface area contributed by atoms with E-state index in [4.69, 9.17) is 5.11 Å². The minimum atomic E-state index is -0.842. The normalized spacial score (nSPS) is 23.3. The molecule has 1 atom stereocenters. The van der Waals surface area contributed by atoms with Crippen LogP contribution in [0.25, 0.3) is 0 Å². The molecule has 1 aliphatic heterocycles. The van der Waals surface area contributed by atoms with Gasteiger partial charge in [-0.15, -0.1) is 0 Å². The molecule has 1 unspecified atom stereocenters. The highest BCUT2D eigenvalue weighted by Gasteiger charge is 2.24. The zero-order valence-corrected chi connectivity index (χ0v) is 7.82. The predicted molar refractivity (Wildman–Crippen MR) is 47.3 cm³/mol. The van der Waals surface area contributed by atoms with Gasteiger partial charge in [-0.25, -0.2) is 0 Å². The molecule has 74 valence electrons. The van der Waals surface area contributed by atoms with E-state index in [1.54, 1.807) is 4.90 Å². The Kier molecular flexibility index (Phi) is 3.28. The molecule has 0 saturated carbocycles. The minimum absolute atomic E-state index is 0.0517. The van der Waals surface area contributed by atoms with Crippen LogP contribution < -0.4 is 0 Å². The molecule has 1 fully saturated rings. The largest absolute Gasteiger partial charge is 0.481 e. The summed E-state index contributed by atoms with van der Waals surface area (Å²) >= 11 is 0. The summed E-state index contributed by atoms with van der Waals surface area (Å²) in [6, 6.07) is 0.209. The van der Waals surface area contributed by atoms with Gasteiger partial charge in [-0.1, -0.05) is 0 Å². The number of hydrogen-bond acceptors (Lipinski definition) is 2. The van der Waals surface area contributed by atoms with Crippen molar-refractivity contribution in [1.29, 1.82) is 0 Å². The van der Waals surface area contributed by atoms with Gasteiger partial charge in [0.15, 0.2) is 0 Å². The van der Waals surface area contributed by atoms with Crippen LogP contribution in [0.4, 0.5) is 0 Å². The fourth-order valence-corrected chi connectivity index (χ4v) is 1.66. The Morgan fingerprint density at radius 2 is 2.38 bits per heavy atom.